The number of carbonyl (C=O) groups excluding carboxylic acids is 1. The lowest BCUT2D eigenvalue weighted by Gasteiger charge is -2.08. The monoisotopic (exact) mass is 306 g/mol. The summed E-state index contributed by atoms with van der Waals surface area (Å²) in [7, 11) is 0. The smallest absolute Gasteiger partial charge is 0.267 e. The van der Waals surface area contributed by atoms with Crippen molar-refractivity contribution in [2.24, 2.45) is 5.73 Å². The van der Waals surface area contributed by atoms with Crippen LogP contribution in [-0.2, 0) is 6.61 Å². The Kier molecular flexibility index (Phi) is 3.94. The van der Waals surface area contributed by atoms with Crippen LogP contribution in [0.4, 0.5) is 0 Å². The fourth-order valence-corrected chi connectivity index (χ4v) is 1.84. The maximum atomic E-state index is 10.9. The van der Waals surface area contributed by atoms with Gasteiger partial charge in [-0.05, 0) is 33.6 Å². The number of carbonyl (C=O) groups is 1. The highest BCUT2D eigenvalue weighted by molar-refractivity contribution is 9.10. The van der Waals surface area contributed by atoms with Crippen molar-refractivity contribution in [3.8, 4) is 5.75 Å². The zero-order valence-corrected chi connectivity index (χ0v) is 11.1. The van der Waals surface area contributed by atoms with Gasteiger partial charge in [-0.25, -0.2) is 4.98 Å². The molecular formula is C13H11BrN2O2. The molecule has 0 radical (unpaired) electrons. The van der Waals surface area contributed by atoms with Gasteiger partial charge < -0.3 is 10.5 Å². The molecule has 4 nitrogen and oxygen atoms in total. The Labute approximate surface area is 113 Å². The quantitative estimate of drug-likeness (QED) is 0.883. The number of nitrogens with zero attached hydrogens (tertiary/aromatic N) is 1. The molecule has 2 N–H and O–H groups in total. The summed E-state index contributed by atoms with van der Waals surface area (Å²) in [5, 5.41) is 0. The highest BCUT2D eigenvalue weighted by atomic mass is 79.9. The Balaban J connectivity index is 2.08. The van der Waals surface area contributed by atoms with E-state index >= 15 is 0 Å². The van der Waals surface area contributed by atoms with E-state index in [1.807, 2.05) is 30.3 Å². The molecule has 92 valence electrons. The minimum atomic E-state index is -0.565. The Morgan fingerprint density at radius 2 is 1.94 bits per heavy atom. The van der Waals surface area contributed by atoms with Crippen LogP contribution >= 0.6 is 15.9 Å². The van der Waals surface area contributed by atoms with Crippen molar-refractivity contribution in [3.63, 3.8) is 0 Å². The van der Waals surface area contributed by atoms with E-state index in [-0.39, 0.29) is 5.69 Å². The van der Waals surface area contributed by atoms with Gasteiger partial charge in [-0.2, -0.15) is 0 Å². The standard InChI is InChI=1S/C13H11BrN2O2/c14-12-11(7-6-10(16-12)13(15)17)18-8-9-4-2-1-3-5-9/h1-7H,8H2,(H2,15,17). The molecule has 2 rings (SSSR count). The van der Waals surface area contributed by atoms with Gasteiger partial charge in [-0.1, -0.05) is 30.3 Å². The number of hydrogen-bond acceptors (Lipinski definition) is 3. The van der Waals surface area contributed by atoms with Crippen molar-refractivity contribution in [1.82, 2.24) is 4.98 Å². The summed E-state index contributed by atoms with van der Waals surface area (Å²) in [4.78, 5) is 14.9. The van der Waals surface area contributed by atoms with E-state index in [0.29, 0.717) is 17.0 Å². The number of ether oxygens (including phenoxy) is 1. The Morgan fingerprint density at radius 3 is 2.56 bits per heavy atom. The van der Waals surface area contributed by atoms with Gasteiger partial charge in [0.25, 0.3) is 5.91 Å². The third-order valence-electron chi connectivity index (χ3n) is 2.30. The van der Waals surface area contributed by atoms with Gasteiger partial charge in [-0.3, -0.25) is 4.79 Å². The number of rotatable bonds is 4. The molecule has 1 aromatic heterocycles. The molecule has 0 atom stereocenters. The Bertz CT molecular complexity index is 558. The van der Waals surface area contributed by atoms with Crippen molar-refractivity contribution in [2.45, 2.75) is 6.61 Å². The lowest BCUT2D eigenvalue weighted by Crippen LogP contribution is -2.13. The van der Waals surface area contributed by atoms with E-state index < -0.39 is 5.91 Å². The Morgan fingerprint density at radius 1 is 1.22 bits per heavy atom. The first-order chi connectivity index (χ1) is 8.66. The van der Waals surface area contributed by atoms with E-state index in [9.17, 15) is 4.79 Å². The van der Waals surface area contributed by atoms with Crippen LogP contribution in [0.5, 0.6) is 5.75 Å². The Hall–Kier alpha value is -1.88. The number of primary amides is 1. The third-order valence-corrected chi connectivity index (χ3v) is 2.87. The van der Waals surface area contributed by atoms with Gasteiger partial charge in [0.1, 0.15) is 16.9 Å². The highest BCUT2D eigenvalue weighted by Crippen LogP contribution is 2.23. The van der Waals surface area contributed by atoms with Crippen molar-refractivity contribution in [1.29, 1.82) is 0 Å². The second-order valence-electron chi connectivity index (χ2n) is 3.62. The molecule has 0 bridgehead atoms. The van der Waals surface area contributed by atoms with Gasteiger partial charge in [0, 0.05) is 0 Å². The highest BCUT2D eigenvalue weighted by Gasteiger charge is 2.08. The molecule has 0 aliphatic carbocycles. The van der Waals surface area contributed by atoms with Gasteiger partial charge in [-0.15, -0.1) is 0 Å². The van der Waals surface area contributed by atoms with Crippen molar-refractivity contribution < 1.29 is 9.53 Å². The first kappa shape index (κ1) is 12.6. The second-order valence-corrected chi connectivity index (χ2v) is 4.38. The van der Waals surface area contributed by atoms with Crippen LogP contribution in [-0.4, -0.2) is 10.9 Å². The summed E-state index contributed by atoms with van der Waals surface area (Å²) < 4.78 is 6.06. The predicted molar refractivity (Wildman–Crippen MR) is 71.2 cm³/mol. The lowest BCUT2D eigenvalue weighted by atomic mass is 10.2. The number of pyridine rings is 1. The summed E-state index contributed by atoms with van der Waals surface area (Å²) in [5.74, 6) is 0.00848. The van der Waals surface area contributed by atoms with Crippen LogP contribution in [0.3, 0.4) is 0 Å². The number of hydrogen-bond donors (Lipinski definition) is 1. The topological polar surface area (TPSA) is 65.2 Å². The molecule has 0 aliphatic heterocycles. The summed E-state index contributed by atoms with van der Waals surface area (Å²) in [6, 6.07) is 13.0. The maximum Gasteiger partial charge on any atom is 0.267 e. The first-order valence-electron chi connectivity index (χ1n) is 5.30. The fraction of sp³-hybridized carbons (Fsp3) is 0.0769. The average Bonchev–Trinajstić information content (AvgIpc) is 2.38. The van der Waals surface area contributed by atoms with Crippen LogP contribution in [0.15, 0.2) is 47.1 Å². The third kappa shape index (κ3) is 3.07. The summed E-state index contributed by atoms with van der Waals surface area (Å²) in [6.45, 7) is 0.442. The van der Waals surface area contributed by atoms with Crippen LogP contribution in [0.2, 0.25) is 0 Å². The van der Waals surface area contributed by atoms with Gasteiger partial charge in [0.05, 0.1) is 0 Å². The van der Waals surface area contributed by atoms with Gasteiger partial charge >= 0.3 is 0 Å². The lowest BCUT2D eigenvalue weighted by molar-refractivity contribution is 0.0995. The van der Waals surface area contributed by atoms with E-state index in [4.69, 9.17) is 10.5 Å². The number of amides is 1. The summed E-state index contributed by atoms with van der Waals surface area (Å²) in [6.07, 6.45) is 0. The minimum Gasteiger partial charge on any atom is -0.486 e. The predicted octanol–water partition coefficient (Wildman–Crippen LogP) is 2.52. The van der Waals surface area contributed by atoms with Crippen LogP contribution in [0.1, 0.15) is 16.1 Å². The SMILES string of the molecule is NC(=O)c1ccc(OCc2ccccc2)c(Br)n1. The van der Waals surface area contributed by atoms with Crippen molar-refractivity contribution in [2.75, 3.05) is 0 Å². The molecule has 0 saturated heterocycles. The number of aromatic nitrogens is 1. The minimum absolute atomic E-state index is 0.203. The van der Waals surface area contributed by atoms with Crippen LogP contribution in [0, 0.1) is 0 Å². The molecule has 0 spiro atoms. The molecule has 0 fully saturated rings. The molecule has 2 aromatic rings. The van der Waals surface area contributed by atoms with Crippen molar-refractivity contribution >= 4 is 21.8 Å². The number of nitrogens with two attached hydrogens (primary N) is 1. The van der Waals surface area contributed by atoms with Crippen LogP contribution in [0.25, 0.3) is 0 Å². The molecule has 0 saturated carbocycles. The first-order valence-corrected chi connectivity index (χ1v) is 6.09. The van der Waals surface area contributed by atoms with Crippen LogP contribution < -0.4 is 10.5 Å². The maximum absolute atomic E-state index is 10.9. The van der Waals surface area contributed by atoms with E-state index in [1.54, 1.807) is 6.07 Å². The van der Waals surface area contributed by atoms with E-state index in [0.717, 1.165) is 5.56 Å². The molecule has 0 aliphatic rings. The molecule has 1 heterocycles. The van der Waals surface area contributed by atoms with Crippen molar-refractivity contribution in [3.05, 3.63) is 58.3 Å². The average molecular weight is 307 g/mol. The zero-order chi connectivity index (χ0) is 13.0. The molecule has 1 aromatic carbocycles. The molecule has 5 heteroatoms. The molecular weight excluding hydrogens is 296 g/mol. The number of halogens is 1. The fourth-order valence-electron chi connectivity index (χ4n) is 1.40. The summed E-state index contributed by atoms with van der Waals surface area (Å²) in [5.41, 5.74) is 6.40. The summed E-state index contributed by atoms with van der Waals surface area (Å²) >= 11 is 3.25. The van der Waals surface area contributed by atoms with E-state index in [2.05, 4.69) is 20.9 Å². The normalized spacial score (nSPS) is 10.1. The van der Waals surface area contributed by atoms with Gasteiger partial charge in [0.15, 0.2) is 5.75 Å². The largest absolute Gasteiger partial charge is 0.486 e. The van der Waals surface area contributed by atoms with E-state index in [1.165, 1.54) is 6.07 Å². The second kappa shape index (κ2) is 5.64. The molecule has 1 amide bonds. The zero-order valence-electron chi connectivity index (χ0n) is 9.47. The van der Waals surface area contributed by atoms with Gasteiger partial charge in [0.2, 0.25) is 0 Å². The number of benzene rings is 1. The molecule has 0 unspecified atom stereocenters. The molecule has 18 heavy (non-hydrogen) atoms.